The van der Waals surface area contributed by atoms with Gasteiger partial charge in [0.25, 0.3) is 0 Å². The second-order valence-electron chi connectivity index (χ2n) is 3.47. The minimum Gasteiger partial charge on any atom is -0.472 e. The van der Waals surface area contributed by atoms with Gasteiger partial charge in [0.1, 0.15) is 0 Å². The summed E-state index contributed by atoms with van der Waals surface area (Å²) in [6.45, 7) is 6.73. The number of hydrogen-bond acceptors (Lipinski definition) is 6. The fourth-order valence-corrected chi connectivity index (χ4v) is 2.26. The van der Waals surface area contributed by atoms with Gasteiger partial charge in [0.15, 0.2) is 0 Å². The molecule has 0 spiro atoms. The van der Waals surface area contributed by atoms with Gasteiger partial charge in [-0.25, -0.2) is 4.57 Å². The Morgan fingerprint density at radius 1 is 1.16 bits per heavy atom. The van der Waals surface area contributed by atoms with Crippen LogP contribution in [-0.4, -0.2) is 18.3 Å². The Kier molecular flexibility index (Phi) is 6.77. The lowest BCUT2D eigenvalue weighted by molar-refractivity contribution is 0.124. The molecule has 0 aliphatic rings. The Labute approximate surface area is 111 Å². The second kappa shape index (κ2) is 8.09. The van der Waals surface area contributed by atoms with E-state index in [1.165, 1.54) is 24.7 Å². The molecule has 1 rings (SSSR count). The van der Waals surface area contributed by atoms with Crippen LogP contribution in [0.15, 0.2) is 42.3 Å². The van der Waals surface area contributed by atoms with Crippen molar-refractivity contribution in [3.8, 4) is 0 Å². The zero-order valence-electron chi connectivity index (χ0n) is 10.5. The normalized spacial score (nSPS) is 11.4. The highest BCUT2D eigenvalue weighted by molar-refractivity contribution is 7.48. The number of furan rings is 1. The van der Waals surface area contributed by atoms with E-state index in [0.29, 0.717) is 11.1 Å². The van der Waals surface area contributed by atoms with Crippen molar-refractivity contribution in [3.63, 3.8) is 0 Å². The summed E-state index contributed by atoms with van der Waals surface area (Å²) in [6.07, 6.45) is 5.66. The number of aliphatic hydroxyl groups excluding tert-OH is 1. The highest BCUT2D eigenvalue weighted by Gasteiger charge is 2.26. The predicted molar refractivity (Wildman–Crippen MR) is 69.3 cm³/mol. The number of hydrogen-bond donors (Lipinski definition) is 1. The minimum atomic E-state index is -3.69. The summed E-state index contributed by atoms with van der Waals surface area (Å²) < 4.78 is 32.3. The summed E-state index contributed by atoms with van der Waals surface area (Å²) in [5.41, 5.74) is 1.13. The highest BCUT2D eigenvalue weighted by atomic mass is 31.2. The van der Waals surface area contributed by atoms with Crippen molar-refractivity contribution in [2.45, 2.75) is 13.2 Å². The smallest absolute Gasteiger partial charge is 0.472 e. The van der Waals surface area contributed by atoms with E-state index in [1.54, 1.807) is 0 Å². The predicted octanol–water partition coefficient (Wildman–Crippen LogP) is 2.80. The quantitative estimate of drug-likeness (QED) is 0.527. The SMILES string of the molecule is C=CCOP(=O)(OCC=C)OCc1cocc1CO. The molecule has 106 valence electrons. The van der Waals surface area contributed by atoms with Crippen molar-refractivity contribution >= 4 is 7.82 Å². The summed E-state index contributed by atoms with van der Waals surface area (Å²) in [6, 6.07) is 0. The Balaban J connectivity index is 2.64. The van der Waals surface area contributed by atoms with Gasteiger partial charge < -0.3 is 9.52 Å². The Morgan fingerprint density at radius 3 is 2.26 bits per heavy atom. The largest absolute Gasteiger partial charge is 0.475 e. The number of phosphoric acid groups is 1. The molecule has 0 radical (unpaired) electrons. The molecule has 7 heteroatoms. The van der Waals surface area contributed by atoms with E-state index in [0.717, 1.165) is 0 Å². The fraction of sp³-hybridized carbons (Fsp3) is 0.333. The van der Waals surface area contributed by atoms with Crippen molar-refractivity contribution in [3.05, 3.63) is 49.0 Å². The van der Waals surface area contributed by atoms with Crippen LogP contribution in [0.4, 0.5) is 0 Å². The first-order valence-corrected chi connectivity index (χ1v) is 7.01. The molecule has 1 heterocycles. The maximum absolute atomic E-state index is 12.2. The maximum atomic E-state index is 12.2. The topological polar surface area (TPSA) is 78.1 Å². The van der Waals surface area contributed by atoms with Gasteiger partial charge in [0, 0.05) is 11.1 Å². The molecule has 19 heavy (non-hydrogen) atoms. The van der Waals surface area contributed by atoms with Crippen LogP contribution in [0.25, 0.3) is 0 Å². The molecule has 0 bridgehead atoms. The third-order valence-electron chi connectivity index (χ3n) is 2.08. The number of aliphatic hydroxyl groups is 1. The van der Waals surface area contributed by atoms with Gasteiger partial charge in [-0.3, -0.25) is 13.6 Å². The van der Waals surface area contributed by atoms with E-state index < -0.39 is 7.82 Å². The van der Waals surface area contributed by atoms with Crippen LogP contribution < -0.4 is 0 Å². The molecule has 0 aliphatic carbocycles. The van der Waals surface area contributed by atoms with Crippen LogP contribution in [0.1, 0.15) is 11.1 Å². The molecule has 1 aromatic rings. The molecular formula is C12H17O6P. The average Bonchev–Trinajstić information content (AvgIpc) is 2.88. The molecule has 0 amide bonds. The van der Waals surface area contributed by atoms with E-state index in [4.69, 9.17) is 23.1 Å². The highest BCUT2D eigenvalue weighted by Crippen LogP contribution is 2.50. The summed E-state index contributed by atoms with van der Waals surface area (Å²) >= 11 is 0. The molecule has 1 N–H and O–H groups in total. The standard InChI is InChI=1S/C12H17O6P/c1-3-5-16-19(14,17-6-4-2)18-10-12-9-15-8-11(12)7-13/h3-4,8-9,13H,1-2,5-7,10H2. The lowest BCUT2D eigenvalue weighted by atomic mass is 10.2. The van der Waals surface area contributed by atoms with E-state index in [-0.39, 0.29) is 26.4 Å². The molecule has 6 nitrogen and oxygen atoms in total. The van der Waals surface area contributed by atoms with Crippen LogP contribution in [0, 0.1) is 0 Å². The summed E-state index contributed by atoms with van der Waals surface area (Å²) in [7, 11) is -3.69. The molecule has 0 atom stereocenters. The lowest BCUT2D eigenvalue weighted by Gasteiger charge is -2.16. The van der Waals surface area contributed by atoms with Gasteiger partial charge >= 0.3 is 7.82 Å². The molecule has 1 aromatic heterocycles. The minimum absolute atomic E-state index is 0.0344. The van der Waals surface area contributed by atoms with E-state index in [1.807, 2.05) is 0 Å². The van der Waals surface area contributed by atoms with Crippen LogP contribution in [0.3, 0.4) is 0 Å². The zero-order valence-corrected chi connectivity index (χ0v) is 11.4. The van der Waals surface area contributed by atoms with Crippen LogP contribution in [-0.2, 0) is 31.4 Å². The number of rotatable bonds is 10. The van der Waals surface area contributed by atoms with Crippen LogP contribution in [0.2, 0.25) is 0 Å². The molecule has 0 aromatic carbocycles. The lowest BCUT2D eigenvalue weighted by Crippen LogP contribution is -2.02. The maximum Gasteiger partial charge on any atom is 0.475 e. The zero-order chi connectivity index (χ0) is 14.1. The van der Waals surface area contributed by atoms with Crippen molar-refractivity contribution in [2.24, 2.45) is 0 Å². The van der Waals surface area contributed by atoms with Gasteiger partial charge in [0.05, 0.1) is 39.0 Å². The molecule has 0 unspecified atom stereocenters. The third kappa shape index (κ3) is 5.14. The molecule has 0 aliphatic heterocycles. The average molecular weight is 288 g/mol. The summed E-state index contributed by atoms with van der Waals surface area (Å²) in [5.74, 6) is 0. The van der Waals surface area contributed by atoms with Crippen molar-refractivity contribution in [1.29, 1.82) is 0 Å². The van der Waals surface area contributed by atoms with Gasteiger partial charge in [-0.1, -0.05) is 12.2 Å². The van der Waals surface area contributed by atoms with E-state index >= 15 is 0 Å². The van der Waals surface area contributed by atoms with Crippen molar-refractivity contribution in [2.75, 3.05) is 13.2 Å². The third-order valence-corrected chi connectivity index (χ3v) is 3.46. The summed E-state index contributed by atoms with van der Waals surface area (Å²) in [4.78, 5) is 0. The van der Waals surface area contributed by atoms with E-state index in [2.05, 4.69) is 13.2 Å². The second-order valence-corrected chi connectivity index (χ2v) is 5.14. The molecule has 0 saturated carbocycles. The van der Waals surface area contributed by atoms with Gasteiger partial charge in [-0.15, -0.1) is 13.2 Å². The first kappa shape index (κ1) is 15.9. The Hall–Kier alpha value is -1.17. The van der Waals surface area contributed by atoms with Crippen molar-refractivity contribution < 1.29 is 27.7 Å². The van der Waals surface area contributed by atoms with Crippen LogP contribution >= 0.6 is 7.82 Å². The van der Waals surface area contributed by atoms with Gasteiger partial charge in [-0.05, 0) is 0 Å². The fourth-order valence-electron chi connectivity index (χ4n) is 1.16. The monoisotopic (exact) mass is 288 g/mol. The Bertz CT molecular complexity index is 437. The van der Waals surface area contributed by atoms with E-state index in [9.17, 15) is 4.57 Å². The first-order valence-electron chi connectivity index (χ1n) is 5.55. The van der Waals surface area contributed by atoms with Gasteiger partial charge in [-0.2, -0.15) is 0 Å². The summed E-state index contributed by atoms with van der Waals surface area (Å²) in [5, 5.41) is 9.05. The van der Waals surface area contributed by atoms with Crippen molar-refractivity contribution in [1.82, 2.24) is 0 Å². The molecule has 0 fully saturated rings. The first-order chi connectivity index (χ1) is 9.15. The number of phosphoric ester groups is 1. The molecule has 0 saturated heterocycles. The molecular weight excluding hydrogens is 271 g/mol. The van der Waals surface area contributed by atoms with Crippen LogP contribution in [0.5, 0.6) is 0 Å². The Morgan fingerprint density at radius 2 is 1.74 bits per heavy atom. The van der Waals surface area contributed by atoms with Gasteiger partial charge in [0.2, 0.25) is 0 Å².